The molecule has 2 amide bonds. The summed E-state index contributed by atoms with van der Waals surface area (Å²) in [6.07, 6.45) is 0. The van der Waals surface area contributed by atoms with Crippen molar-refractivity contribution in [2.75, 3.05) is 26.2 Å². The molecule has 0 radical (unpaired) electrons. The predicted octanol–water partition coefficient (Wildman–Crippen LogP) is -1.07. The lowest BCUT2D eigenvalue weighted by Gasteiger charge is -2.41. The summed E-state index contributed by atoms with van der Waals surface area (Å²) in [6, 6.07) is -0.321. The van der Waals surface area contributed by atoms with Crippen LogP contribution in [0.4, 0.5) is 0 Å². The Morgan fingerprint density at radius 2 is 1.72 bits per heavy atom. The number of nitrogens with two attached hydrogens (primary N) is 2. The predicted molar refractivity (Wildman–Crippen MR) is 90.2 cm³/mol. The Bertz CT molecular complexity index is 541. The molecule has 9 heteroatoms. The average Bonchev–Trinajstić information content (AvgIpc) is 3.29. The van der Waals surface area contributed by atoms with E-state index in [0.717, 1.165) is 0 Å². The van der Waals surface area contributed by atoms with Crippen molar-refractivity contribution >= 4 is 17.8 Å². The Balaban J connectivity index is 1.99. The SMILES string of the molecule is CC(C)[C@@H](C(=O)ON)C(C)C(=O)N1CCN(C(=O)[C@@H]2CN2N)[C@@H](C)C1. The molecule has 0 spiro atoms. The van der Waals surface area contributed by atoms with E-state index in [4.69, 9.17) is 11.7 Å². The highest BCUT2D eigenvalue weighted by Gasteiger charge is 2.44. The van der Waals surface area contributed by atoms with Crippen molar-refractivity contribution in [2.45, 2.75) is 39.8 Å². The number of amides is 2. The third kappa shape index (κ3) is 4.10. The quantitative estimate of drug-likeness (QED) is 0.366. The van der Waals surface area contributed by atoms with Gasteiger partial charge in [-0.05, 0) is 12.8 Å². The molecule has 2 unspecified atom stereocenters. The van der Waals surface area contributed by atoms with Crippen LogP contribution in [-0.4, -0.2) is 70.9 Å². The lowest BCUT2D eigenvalue weighted by Crippen LogP contribution is -2.58. The number of hydrazine groups is 1. The number of rotatable bonds is 5. The van der Waals surface area contributed by atoms with E-state index in [1.54, 1.807) is 16.7 Å². The Hall–Kier alpha value is -1.71. The summed E-state index contributed by atoms with van der Waals surface area (Å²) in [5.41, 5.74) is 0. The minimum absolute atomic E-state index is 0.0157. The molecule has 2 heterocycles. The number of carbonyl (C=O) groups excluding carboxylic acids is 3. The monoisotopic (exact) mass is 355 g/mol. The van der Waals surface area contributed by atoms with Crippen LogP contribution in [-0.2, 0) is 19.2 Å². The summed E-state index contributed by atoms with van der Waals surface area (Å²) >= 11 is 0. The molecule has 0 aromatic carbocycles. The first-order valence-corrected chi connectivity index (χ1v) is 8.70. The van der Waals surface area contributed by atoms with Gasteiger partial charge in [0.05, 0.1) is 5.92 Å². The van der Waals surface area contributed by atoms with Crippen molar-refractivity contribution in [3.8, 4) is 0 Å². The first-order valence-electron chi connectivity index (χ1n) is 8.70. The molecule has 25 heavy (non-hydrogen) atoms. The highest BCUT2D eigenvalue weighted by molar-refractivity contribution is 5.87. The van der Waals surface area contributed by atoms with E-state index >= 15 is 0 Å². The molecule has 2 aliphatic rings. The van der Waals surface area contributed by atoms with E-state index in [1.807, 2.05) is 20.8 Å². The topological polar surface area (TPSA) is 122 Å². The molecule has 2 aliphatic heterocycles. The minimum Gasteiger partial charge on any atom is -0.373 e. The van der Waals surface area contributed by atoms with E-state index in [2.05, 4.69) is 4.84 Å². The van der Waals surface area contributed by atoms with Gasteiger partial charge in [-0.25, -0.2) is 5.01 Å². The molecular weight excluding hydrogens is 326 g/mol. The normalized spacial score (nSPS) is 28.5. The maximum absolute atomic E-state index is 12.8. The first kappa shape index (κ1) is 19.6. The molecule has 2 rings (SSSR count). The summed E-state index contributed by atoms with van der Waals surface area (Å²) < 4.78 is 0. The smallest absolute Gasteiger partial charge is 0.328 e. The molecule has 142 valence electrons. The maximum Gasteiger partial charge on any atom is 0.328 e. The van der Waals surface area contributed by atoms with Gasteiger partial charge < -0.3 is 14.6 Å². The van der Waals surface area contributed by atoms with Gasteiger partial charge in [0.1, 0.15) is 6.04 Å². The van der Waals surface area contributed by atoms with Gasteiger partial charge in [-0.2, -0.15) is 5.90 Å². The molecule has 2 saturated heterocycles. The van der Waals surface area contributed by atoms with Crippen LogP contribution < -0.4 is 11.7 Å². The maximum atomic E-state index is 12.8. The number of hydrogen-bond acceptors (Lipinski definition) is 7. The molecule has 0 saturated carbocycles. The van der Waals surface area contributed by atoms with Crippen LogP contribution in [0.1, 0.15) is 27.7 Å². The lowest BCUT2D eigenvalue weighted by molar-refractivity contribution is -0.158. The van der Waals surface area contributed by atoms with Crippen LogP contribution in [0.25, 0.3) is 0 Å². The van der Waals surface area contributed by atoms with Crippen molar-refractivity contribution in [3.63, 3.8) is 0 Å². The fourth-order valence-electron chi connectivity index (χ4n) is 3.62. The number of piperazine rings is 1. The largest absolute Gasteiger partial charge is 0.373 e. The lowest BCUT2D eigenvalue weighted by atomic mass is 9.83. The Morgan fingerprint density at radius 1 is 1.12 bits per heavy atom. The molecule has 5 atom stereocenters. The van der Waals surface area contributed by atoms with E-state index in [9.17, 15) is 14.4 Å². The number of nitrogens with zero attached hydrogens (tertiary/aromatic N) is 3. The van der Waals surface area contributed by atoms with Gasteiger partial charge in [-0.15, -0.1) is 0 Å². The highest BCUT2D eigenvalue weighted by Crippen LogP contribution is 2.26. The van der Waals surface area contributed by atoms with Crippen LogP contribution in [0, 0.1) is 17.8 Å². The van der Waals surface area contributed by atoms with Gasteiger partial charge in [0.15, 0.2) is 0 Å². The summed E-state index contributed by atoms with van der Waals surface area (Å²) in [4.78, 5) is 44.9. The Labute approximate surface area is 148 Å². The van der Waals surface area contributed by atoms with Crippen LogP contribution in [0.3, 0.4) is 0 Å². The van der Waals surface area contributed by atoms with Gasteiger partial charge in [-0.1, -0.05) is 20.8 Å². The Morgan fingerprint density at radius 3 is 2.16 bits per heavy atom. The van der Waals surface area contributed by atoms with Crippen LogP contribution in [0.5, 0.6) is 0 Å². The first-order chi connectivity index (χ1) is 11.7. The second-order valence-electron chi connectivity index (χ2n) is 7.37. The van der Waals surface area contributed by atoms with E-state index in [-0.39, 0.29) is 29.8 Å². The van der Waals surface area contributed by atoms with Gasteiger partial charge in [-0.3, -0.25) is 20.2 Å². The summed E-state index contributed by atoms with van der Waals surface area (Å²) in [6.45, 7) is 9.29. The summed E-state index contributed by atoms with van der Waals surface area (Å²) in [5.74, 6) is 8.75. The molecule has 9 nitrogen and oxygen atoms in total. The molecule has 0 bridgehead atoms. The number of hydrogen-bond donors (Lipinski definition) is 2. The second kappa shape index (κ2) is 7.67. The van der Waals surface area contributed by atoms with E-state index in [1.165, 1.54) is 5.01 Å². The van der Waals surface area contributed by atoms with Crippen molar-refractivity contribution in [3.05, 3.63) is 0 Å². The number of carbonyl (C=O) groups is 3. The van der Waals surface area contributed by atoms with Gasteiger partial charge in [0, 0.05) is 38.1 Å². The van der Waals surface area contributed by atoms with Crippen LogP contribution >= 0.6 is 0 Å². The Kier molecular flexibility index (Phi) is 6.02. The van der Waals surface area contributed by atoms with E-state index in [0.29, 0.717) is 26.2 Å². The highest BCUT2D eigenvalue weighted by atomic mass is 16.7. The van der Waals surface area contributed by atoms with Crippen molar-refractivity contribution in [1.82, 2.24) is 14.8 Å². The summed E-state index contributed by atoms with van der Waals surface area (Å²) in [7, 11) is 0. The molecule has 2 fully saturated rings. The average molecular weight is 355 g/mol. The fraction of sp³-hybridized carbons (Fsp3) is 0.812. The van der Waals surface area contributed by atoms with E-state index < -0.39 is 17.8 Å². The minimum atomic E-state index is -0.593. The molecule has 4 N–H and O–H groups in total. The molecule has 0 aliphatic carbocycles. The van der Waals surface area contributed by atoms with Crippen molar-refractivity contribution < 1.29 is 19.2 Å². The zero-order chi connectivity index (χ0) is 18.9. The molecule has 0 aromatic heterocycles. The molecule has 0 aromatic rings. The molecular formula is C16H29N5O4. The fourth-order valence-corrected chi connectivity index (χ4v) is 3.62. The van der Waals surface area contributed by atoms with Gasteiger partial charge in [0.25, 0.3) is 0 Å². The van der Waals surface area contributed by atoms with Gasteiger partial charge in [0.2, 0.25) is 11.8 Å². The van der Waals surface area contributed by atoms with Crippen LogP contribution in [0.2, 0.25) is 0 Å². The second-order valence-corrected chi connectivity index (χ2v) is 7.37. The standard InChI is InChI=1S/C16H29N5O4/c1-9(2)13(16(24)25-18)11(4)14(22)19-5-6-20(10(3)7-19)15(23)12-8-21(12)17/h9-13H,5-8,17-18H2,1-4H3/t10-,11?,12-,13+,21?/m0/s1. The van der Waals surface area contributed by atoms with Crippen molar-refractivity contribution in [1.29, 1.82) is 0 Å². The third-order valence-electron chi connectivity index (χ3n) is 5.19. The zero-order valence-electron chi connectivity index (χ0n) is 15.3. The van der Waals surface area contributed by atoms with Gasteiger partial charge >= 0.3 is 5.97 Å². The summed E-state index contributed by atoms with van der Waals surface area (Å²) in [5, 5.41) is 1.50. The zero-order valence-corrected chi connectivity index (χ0v) is 15.3. The van der Waals surface area contributed by atoms with Crippen molar-refractivity contribution in [2.24, 2.45) is 29.5 Å². The third-order valence-corrected chi connectivity index (χ3v) is 5.19. The van der Waals surface area contributed by atoms with Crippen LogP contribution in [0.15, 0.2) is 0 Å².